The van der Waals surface area contributed by atoms with E-state index in [1.54, 1.807) is 6.07 Å². The SMILES string of the molecule is CC[C@@H]1C=CCN1C(=O)c1cc(CN2CCOCC2)on1. The van der Waals surface area contributed by atoms with Crippen molar-refractivity contribution in [3.8, 4) is 0 Å². The Hall–Kier alpha value is -1.66. The average molecular weight is 291 g/mol. The molecule has 1 amide bonds. The van der Waals surface area contributed by atoms with E-state index >= 15 is 0 Å². The summed E-state index contributed by atoms with van der Waals surface area (Å²) in [5.41, 5.74) is 0.403. The lowest BCUT2D eigenvalue weighted by molar-refractivity contribution is 0.0305. The van der Waals surface area contributed by atoms with Crippen LogP contribution in [0.4, 0.5) is 0 Å². The molecule has 1 aromatic rings. The van der Waals surface area contributed by atoms with Gasteiger partial charge in [0.2, 0.25) is 0 Å². The van der Waals surface area contributed by atoms with Gasteiger partial charge in [-0.2, -0.15) is 0 Å². The maximum Gasteiger partial charge on any atom is 0.276 e. The number of carbonyl (C=O) groups excluding carboxylic acids is 1. The maximum absolute atomic E-state index is 12.5. The first-order valence-electron chi connectivity index (χ1n) is 7.51. The number of morpholine rings is 1. The molecule has 2 aliphatic heterocycles. The molecular weight excluding hydrogens is 270 g/mol. The van der Waals surface area contributed by atoms with E-state index in [1.807, 2.05) is 11.0 Å². The summed E-state index contributed by atoms with van der Waals surface area (Å²) in [6.45, 7) is 6.68. The fourth-order valence-corrected chi connectivity index (χ4v) is 2.78. The summed E-state index contributed by atoms with van der Waals surface area (Å²) >= 11 is 0. The third-order valence-corrected chi connectivity index (χ3v) is 4.00. The van der Waals surface area contributed by atoms with Crippen LogP contribution in [0.3, 0.4) is 0 Å². The van der Waals surface area contributed by atoms with Gasteiger partial charge in [0.15, 0.2) is 11.5 Å². The highest BCUT2D eigenvalue weighted by molar-refractivity contribution is 5.93. The number of carbonyl (C=O) groups is 1. The molecule has 0 aromatic carbocycles. The summed E-state index contributed by atoms with van der Waals surface area (Å²) in [6, 6.07) is 1.94. The van der Waals surface area contributed by atoms with Gasteiger partial charge >= 0.3 is 0 Å². The van der Waals surface area contributed by atoms with Crippen LogP contribution in [-0.4, -0.2) is 59.8 Å². The second kappa shape index (κ2) is 6.41. The van der Waals surface area contributed by atoms with E-state index in [4.69, 9.17) is 9.26 Å². The lowest BCUT2D eigenvalue weighted by Crippen LogP contribution is -2.36. The average Bonchev–Trinajstić information content (AvgIpc) is 3.16. The fraction of sp³-hybridized carbons (Fsp3) is 0.600. The van der Waals surface area contributed by atoms with Crippen molar-refractivity contribution in [1.82, 2.24) is 15.0 Å². The highest BCUT2D eigenvalue weighted by Crippen LogP contribution is 2.17. The van der Waals surface area contributed by atoms with Crippen LogP contribution in [0.25, 0.3) is 0 Å². The lowest BCUT2D eigenvalue weighted by Gasteiger charge is -2.25. The lowest BCUT2D eigenvalue weighted by atomic mass is 10.2. The maximum atomic E-state index is 12.5. The van der Waals surface area contributed by atoms with Gasteiger partial charge in [0.25, 0.3) is 5.91 Å². The van der Waals surface area contributed by atoms with Crippen molar-refractivity contribution in [3.05, 3.63) is 29.7 Å². The minimum Gasteiger partial charge on any atom is -0.379 e. The first kappa shape index (κ1) is 14.3. The third-order valence-electron chi connectivity index (χ3n) is 4.00. The van der Waals surface area contributed by atoms with Gasteiger partial charge in [0, 0.05) is 25.7 Å². The molecule has 21 heavy (non-hydrogen) atoms. The molecule has 3 rings (SSSR count). The largest absolute Gasteiger partial charge is 0.379 e. The van der Waals surface area contributed by atoms with Crippen molar-refractivity contribution >= 4 is 5.91 Å². The van der Waals surface area contributed by atoms with Crippen LogP contribution in [0.15, 0.2) is 22.7 Å². The van der Waals surface area contributed by atoms with E-state index < -0.39 is 0 Å². The first-order chi connectivity index (χ1) is 10.3. The van der Waals surface area contributed by atoms with Crippen LogP contribution in [0.1, 0.15) is 29.6 Å². The molecule has 6 nitrogen and oxygen atoms in total. The topological polar surface area (TPSA) is 58.8 Å². The van der Waals surface area contributed by atoms with Crippen molar-refractivity contribution in [1.29, 1.82) is 0 Å². The van der Waals surface area contributed by atoms with E-state index in [9.17, 15) is 4.79 Å². The third kappa shape index (κ3) is 3.16. The van der Waals surface area contributed by atoms with Gasteiger partial charge in [-0.25, -0.2) is 0 Å². The molecule has 1 aromatic heterocycles. The number of hydrogen-bond acceptors (Lipinski definition) is 5. The van der Waals surface area contributed by atoms with E-state index in [0.29, 0.717) is 18.8 Å². The van der Waals surface area contributed by atoms with E-state index in [1.165, 1.54) is 0 Å². The van der Waals surface area contributed by atoms with Crippen molar-refractivity contribution in [2.45, 2.75) is 25.9 Å². The van der Waals surface area contributed by atoms with Gasteiger partial charge in [0.05, 0.1) is 25.8 Å². The van der Waals surface area contributed by atoms with Crippen molar-refractivity contribution < 1.29 is 14.1 Å². The zero-order valence-electron chi connectivity index (χ0n) is 12.3. The Kier molecular flexibility index (Phi) is 4.36. The second-order valence-electron chi connectivity index (χ2n) is 5.43. The van der Waals surface area contributed by atoms with Gasteiger partial charge in [-0.15, -0.1) is 0 Å². The van der Waals surface area contributed by atoms with Gasteiger partial charge in [-0.3, -0.25) is 9.69 Å². The second-order valence-corrected chi connectivity index (χ2v) is 5.43. The first-order valence-corrected chi connectivity index (χ1v) is 7.51. The number of aromatic nitrogens is 1. The number of nitrogens with zero attached hydrogens (tertiary/aromatic N) is 3. The minimum absolute atomic E-state index is 0.0520. The molecule has 0 aliphatic carbocycles. The normalized spacial score (nSPS) is 22.9. The number of hydrogen-bond donors (Lipinski definition) is 0. The Morgan fingerprint density at radius 1 is 1.43 bits per heavy atom. The molecule has 1 fully saturated rings. The summed E-state index contributed by atoms with van der Waals surface area (Å²) in [6.07, 6.45) is 5.02. The van der Waals surface area contributed by atoms with E-state index in [2.05, 4.69) is 23.1 Å². The van der Waals surface area contributed by atoms with Crippen LogP contribution in [0, 0.1) is 0 Å². The fourth-order valence-electron chi connectivity index (χ4n) is 2.78. The van der Waals surface area contributed by atoms with Gasteiger partial charge in [-0.1, -0.05) is 24.2 Å². The van der Waals surface area contributed by atoms with Crippen LogP contribution >= 0.6 is 0 Å². The van der Waals surface area contributed by atoms with Crippen LogP contribution < -0.4 is 0 Å². The van der Waals surface area contributed by atoms with Crippen LogP contribution in [0.5, 0.6) is 0 Å². The highest BCUT2D eigenvalue weighted by Gasteiger charge is 2.27. The Morgan fingerprint density at radius 3 is 3.00 bits per heavy atom. The van der Waals surface area contributed by atoms with Crippen molar-refractivity contribution in [2.75, 3.05) is 32.8 Å². The molecule has 0 spiro atoms. The molecule has 0 saturated carbocycles. The summed E-state index contributed by atoms with van der Waals surface area (Å²) in [5.74, 6) is 0.685. The van der Waals surface area contributed by atoms with Gasteiger partial charge < -0.3 is 14.2 Å². The molecule has 114 valence electrons. The number of amides is 1. The molecule has 6 heteroatoms. The van der Waals surface area contributed by atoms with Gasteiger partial charge in [0.1, 0.15) is 0 Å². The minimum atomic E-state index is -0.0520. The van der Waals surface area contributed by atoms with Crippen LogP contribution in [0.2, 0.25) is 0 Å². The Bertz CT molecular complexity index is 520. The zero-order chi connectivity index (χ0) is 14.7. The number of ether oxygens (including phenoxy) is 1. The van der Waals surface area contributed by atoms with Crippen LogP contribution in [-0.2, 0) is 11.3 Å². The summed E-state index contributed by atoms with van der Waals surface area (Å²) in [5, 5.41) is 3.94. The Balaban J connectivity index is 1.62. The molecule has 0 bridgehead atoms. The summed E-state index contributed by atoms with van der Waals surface area (Å²) in [7, 11) is 0. The van der Waals surface area contributed by atoms with Gasteiger partial charge in [-0.05, 0) is 6.42 Å². The molecule has 0 N–H and O–H groups in total. The monoisotopic (exact) mass is 291 g/mol. The molecular formula is C15H21N3O3. The molecule has 0 unspecified atom stereocenters. The smallest absolute Gasteiger partial charge is 0.276 e. The summed E-state index contributed by atoms with van der Waals surface area (Å²) < 4.78 is 10.6. The predicted octanol–water partition coefficient (Wildman–Crippen LogP) is 1.30. The quantitative estimate of drug-likeness (QED) is 0.783. The Morgan fingerprint density at radius 2 is 2.24 bits per heavy atom. The molecule has 3 heterocycles. The van der Waals surface area contributed by atoms with E-state index in [0.717, 1.165) is 38.5 Å². The molecule has 2 aliphatic rings. The van der Waals surface area contributed by atoms with E-state index in [-0.39, 0.29) is 11.9 Å². The predicted molar refractivity (Wildman–Crippen MR) is 76.9 cm³/mol. The molecule has 0 radical (unpaired) electrons. The summed E-state index contributed by atoms with van der Waals surface area (Å²) in [4.78, 5) is 16.5. The van der Waals surface area contributed by atoms with Crippen molar-refractivity contribution in [3.63, 3.8) is 0 Å². The zero-order valence-corrected chi connectivity index (χ0v) is 12.3. The highest BCUT2D eigenvalue weighted by atomic mass is 16.5. The number of rotatable bonds is 4. The molecule has 1 atom stereocenters. The Labute approximate surface area is 124 Å². The molecule has 1 saturated heterocycles. The van der Waals surface area contributed by atoms with Crippen molar-refractivity contribution in [2.24, 2.45) is 0 Å². The standard InChI is InChI=1S/C15H21N3O3/c1-2-12-4-3-5-18(12)15(19)14-10-13(21-16-14)11-17-6-8-20-9-7-17/h3-4,10,12H,2,5-9,11H2,1H3/t12-/m1/s1.